The van der Waals surface area contributed by atoms with Crippen molar-refractivity contribution in [3.63, 3.8) is 0 Å². The van der Waals surface area contributed by atoms with E-state index in [9.17, 15) is 19.2 Å². The molecule has 13 heteroatoms. The van der Waals surface area contributed by atoms with Gasteiger partial charge in [0.05, 0.1) is 0 Å². The Kier molecular flexibility index (Phi) is 12.0. The number of carbonyl (C=O) groups excluding carboxylic acids is 4. The molecule has 3 atom stereocenters. The first-order valence-electron chi connectivity index (χ1n) is 17.1. The smallest absolute Gasteiger partial charge is 0.270 e. The van der Waals surface area contributed by atoms with Gasteiger partial charge in [0.25, 0.3) is 11.8 Å². The van der Waals surface area contributed by atoms with Crippen molar-refractivity contribution in [2.75, 3.05) is 38.5 Å². The van der Waals surface area contributed by atoms with E-state index in [0.717, 1.165) is 68.7 Å². The maximum Gasteiger partial charge on any atom is 0.270 e. The molecule has 0 bridgehead atoms. The number of benzene rings is 1. The van der Waals surface area contributed by atoms with Crippen LogP contribution in [0.15, 0.2) is 48.8 Å². The number of aromatic nitrogens is 3. The molecule has 0 spiro atoms. The van der Waals surface area contributed by atoms with Gasteiger partial charge in [-0.25, -0.2) is 4.37 Å². The van der Waals surface area contributed by atoms with Crippen molar-refractivity contribution in [1.29, 1.82) is 0 Å². The number of hydrogen-bond donors (Lipinski definition) is 3. The quantitative estimate of drug-likeness (QED) is 0.257. The molecule has 0 radical (unpaired) electrons. The minimum absolute atomic E-state index is 0.00397. The molecule has 3 aromatic rings. The number of hydrogen-bond acceptors (Lipinski definition) is 8. The highest BCUT2D eigenvalue weighted by atomic mass is 32.1. The summed E-state index contributed by atoms with van der Waals surface area (Å²) in [6, 6.07) is 9.23. The molecule has 5 rings (SSSR count). The van der Waals surface area contributed by atoms with Gasteiger partial charge in [0.1, 0.15) is 22.7 Å². The van der Waals surface area contributed by atoms with E-state index in [2.05, 4.69) is 30.3 Å². The van der Waals surface area contributed by atoms with E-state index < -0.39 is 12.1 Å². The van der Waals surface area contributed by atoms with Gasteiger partial charge in [-0.2, -0.15) is 5.10 Å². The van der Waals surface area contributed by atoms with Crippen LogP contribution in [0.4, 0.5) is 5.69 Å². The molecular weight excluding hydrogens is 629 g/mol. The fraction of sp³-hybridized carbons (Fsp3) is 0.543. The van der Waals surface area contributed by atoms with Gasteiger partial charge in [0.2, 0.25) is 11.8 Å². The van der Waals surface area contributed by atoms with Crippen LogP contribution in [0.1, 0.15) is 97.0 Å². The van der Waals surface area contributed by atoms with E-state index in [4.69, 9.17) is 0 Å². The van der Waals surface area contributed by atoms with Gasteiger partial charge in [0.15, 0.2) is 0 Å². The lowest BCUT2D eigenvalue weighted by Crippen LogP contribution is -2.55. The summed E-state index contributed by atoms with van der Waals surface area (Å²) in [5.41, 5.74) is 1.87. The van der Waals surface area contributed by atoms with Crippen molar-refractivity contribution in [2.24, 2.45) is 5.92 Å². The first-order valence-corrected chi connectivity index (χ1v) is 17.8. The molecule has 258 valence electrons. The third-order valence-corrected chi connectivity index (χ3v) is 10.3. The molecule has 3 heterocycles. The van der Waals surface area contributed by atoms with E-state index in [1.807, 2.05) is 57.0 Å². The Morgan fingerprint density at radius 2 is 1.52 bits per heavy atom. The van der Waals surface area contributed by atoms with Crippen molar-refractivity contribution in [2.45, 2.75) is 83.3 Å². The normalized spacial score (nSPS) is 18.1. The lowest BCUT2D eigenvalue weighted by molar-refractivity contribution is -0.135. The number of rotatable bonds is 11. The summed E-state index contributed by atoms with van der Waals surface area (Å²) < 4.78 is 5.70. The van der Waals surface area contributed by atoms with Crippen LogP contribution < -0.4 is 16.0 Å². The Labute approximate surface area is 286 Å². The fourth-order valence-corrected chi connectivity index (χ4v) is 7.11. The first kappa shape index (κ1) is 35.2. The summed E-state index contributed by atoms with van der Waals surface area (Å²) in [6.07, 6.45) is 9.21. The van der Waals surface area contributed by atoms with Crippen molar-refractivity contribution in [3.8, 4) is 0 Å². The van der Waals surface area contributed by atoms with Gasteiger partial charge < -0.3 is 25.8 Å². The first-order chi connectivity index (χ1) is 23.1. The standard InChI is InChI=1S/C35H48N8O4S/c1-23(2)43-28(15-17-36-43)32(44)40-31(26-9-7-5-6-8-10-26)34(46)38-27-13-11-25(12-14-27)24(3)30(39-33(45)29-16-18-37-48-29)35(47)42-21-19-41(4)20-22-42/h11-18,23-24,26,30-31H,5-10,19-22H2,1-4H3,(H,38,46)(H,39,45)(H,40,44)/t24-,30+,31-/m0/s1. The molecule has 2 aliphatic rings. The second-order valence-electron chi connectivity index (χ2n) is 13.3. The predicted molar refractivity (Wildman–Crippen MR) is 186 cm³/mol. The highest BCUT2D eigenvalue weighted by molar-refractivity contribution is 7.08. The van der Waals surface area contributed by atoms with Crippen LogP contribution in [0.3, 0.4) is 0 Å². The number of likely N-dealkylation sites (N-methyl/N-ethyl adjacent to an activating group) is 1. The van der Waals surface area contributed by atoms with Crippen molar-refractivity contribution in [1.82, 2.24) is 34.6 Å². The van der Waals surface area contributed by atoms with Gasteiger partial charge in [0, 0.05) is 56.2 Å². The van der Waals surface area contributed by atoms with E-state index in [1.165, 1.54) is 0 Å². The Morgan fingerprint density at radius 3 is 2.15 bits per heavy atom. The van der Waals surface area contributed by atoms with E-state index >= 15 is 0 Å². The molecule has 1 aromatic carbocycles. The number of amides is 4. The average Bonchev–Trinajstić information content (AvgIpc) is 3.75. The van der Waals surface area contributed by atoms with Crippen LogP contribution in [0, 0.1) is 5.92 Å². The molecular formula is C35H48N8O4S. The van der Waals surface area contributed by atoms with E-state index in [1.54, 1.807) is 29.2 Å². The largest absolute Gasteiger partial charge is 0.339 e. The summed E-state index contributed by atoms with van der Waals surface area (Å²) in [6.45, 7) is 8.59. The fourth-order valence-electron chi connectivity index (χ4n) is 6.61. The molecule has 1 aliphatic heterocycles. The summed E-state index contributed by atoms with van der Waals surface area (Å²) in [5, 5.41) is 13.4. The summed E-state index contributed by atoms with van der Waals surface area (Å²) in [4.78, 5) is 58.6. The van der Waals surface area contributed by atoms with Gasteiger partial charge in [-0.05, 0) is 81.0 Å². The minimum atomic E-state index is -0.780. The van der Waals surface area contributed by atoms with Crippen LogP contribution in [0.25, 0.3) is 0 Å². The van der Waals surface area contributed by atoms with Crippen LogP contribution >= 0.6 is 11.5 Å². The number of piperazine rings is 1. The van der Waals surface area contributed by atoms with Gasteiger partial charge in [-0.3, -0.25) is 23.9 Å². The Hall–Kier alpha value is -4.10. The lowest BCUT2D eigenvalue weighted by atomic mass is 9.90. The summed E-state index contributed by atoms with van der Waals surface area (Å²) in [7, 11) is 2.03. The van der Waals surface area contributed by atoms with Crippen molar-refractivity contribution < 1.29 is 19.2 Å². The lowest BCUT2D eigenvalue weighted by Gasteiger charge is -2.36. The Balaban J connectivity index is 1.31. The molecule has 2 aromatic heterocycles. The maximum atomic E-state index is 13.8. The SMILES string of the molecule is CC(C)n1nccc1C(=O)N[C@H](C(=O)Nc1ccc([C@H](C)[C@@H](NC(=O)c2ccns2)C(=O)N2CCN(C)CC2)cc1)C1CCCCCC1. The Bertz CT molecular complexity index is 1520. The highest BCUT2D eigenvalue weighted by Crippen LogP contribution is 2.28. The second kappa shape index (κ2) is 16.3. The third-order valence-electron chi connectivity index (χ3n) is 9.57. The zero-order valence-corrected chi connectivity index (χ0v) is 29.2. The number of carbonyl (C=O) groups is 4. The van der Waals surface area contributed by atoms with Crippen LogP contribution in [0.2, 0.25) is 0 Å². The second-order valence-corrected chi connectivity index (χ2v) is 14.1. The summed E-state index contributed by atoms with van der Waals surface area (Å²) in [5.74, 6) is -1.34. The topological polar surface area (TPSA) is 142 Å². The zero-order valence-electron chi connectivity index (χ0n) is 28.4. The molecule has 12 nitrogen and oxygen atoms in total. The van der Waals surface area contributed by atoms with Crippen molar-refractivity contribution in [3.05, 3.63) is 64.9 Å². The molecule has 1 aliphatic carbocycles. The minimum Gasteiger partial charge on any atom is -0.339 e. The third kappa shape index (κ3) is 8.67. The number of anilines is 1. The molecule has 1 saturated heterocycles. The summed E-state index contributed by atoms with van der Waals surface area (Å²) >= 11 is 1.09. The Morgan fingerprint density at radius 1 is 0.833 bits per heavy atom. The van der Waals surface area contributed by atoms with Crippen LogP contribution in [-0.2, 0) is 9.59 Å². The zero-order chi connectivity index (χ0) is 34.2. The van der Waals surface area contributed by atoms with Crippen molar-refractivity contribution >= 4 is 40.8 Å². The van der Waals surface area contributed by atoms with E-state index in [0.29, 0.717) is 29.3 Å². The number of nitrogens with one attached hydrogen (secondary N) is 3. The van der Waals surface area contributed by atoms with Gasteiger partial charge in [-0.1, -0.05) is 44.7 Å². The molecule has 3 N–H and O–H groups in total. The molecule has 0 unspecified atom stereocenters. The van der Waals surface area contributed by atoms with Crippen LogP contribution in [-0.4, -0.2) is 92.9 Å². The highest BCUT2D eigenvalue weighted by Gasteiger charge is 2.34. The average molecular weight is 677 g/mol. The maximum absolute atomic E-state index is 13.8. The van der Waals surface area contributed by atoms with Gasteiger partial charge >= 0.3 is 0 Å². The monoisotopic (exact) mass is 676 g/mol. The number of nitrogens with zero attached hydrogens (tertiary/aromatic N) is 5. The van der Waals surface area contributed by atoms with Crippen LogP contribution in [0.5, 0.6) is 0 Å². The molecule has 2 fully saturated rings. The molecule has 1 saturated carbocycles. The predicted octanol–water partition coefficient (Wildman–Crippen LogP) is 4.30. The molecule has 48 heavy (non-hydrogen) atoms. The van der Waals surface area contributed by atoms with E-state index in [-0.39, 0.29) is 41.5 Å². The molecule has 4 amide bonds. The van der Waals surface area contributed by atoms with Gasteiger partial charge in [-0.15, -0.1) is 0 Å².